The molecule has 0 radical (unpaired) electrons. The lowest BCUT2D eigenvalue weighted by atomic mass is 10.2. The minimum atomic E-state index is -3.22. The summed E-state index contributed by atoms with van der Waals surface area (Å²) >= 11 is 0. The van der Waals surface area contributed by atoms with E-state index in [1.807, 2.05) is 17.7 Å². The van der Waals surface area contributed by atoms with Gasteiger partial charge in [-0.3, -0.25) is 0 Å². The van der Waals surface area contributed by atoms with Gasteiger partial charge in [0.1, 0.15) is 5.82 Å². The lowest BCUT2D eigenvalue weighted by Gasteiger charge is -2.08. The number of rotatable bonds is 3. The number of sulfone groups is 1. The average Bonchev–Trinajstić information content (AvgIpc) is 2.75. The molecule has 2 aromatic rings. The van der Waals surface area contributed by atoms with Crippen LogP contribution < -0.4 is 0 Å². The first-order valence-corrected chi connectivity index (χ1v) is 7.01. The number of benzene rings is 1. The van der Waals surface area contributed by atoms with Crippen molar-refractivity contribution in [1.29, 1.82) is 0 Å². The van der Waals surface area contributed by atoms with E-state index in [0.717, 1.165) is 0 Å². The Hall–Kier alpha value is -1.62. The zero-order valence-electron chi connectivity index (χ0n) is 9.79. The average molecular weight is 250 g/mol. The quantitative estimate of drug-likeness (QED) is 0.835. The predicted molar refractivity (Wildman–Crippen MR) is 66.4 cm³/mol. The van der Waals surface area contributed by atoms with Crippen molar-refractivity contribution in [2.75, 3.05) is 5.75 Å². The molecule has 90 valence electrons. The van der Waals surface area contributed by atoms with E-state index in [-0.39, 0.29) is 5.75 Å². The molecule has 0 saturated heterocycles. The summed E-state index contributed by atoms with van der Waals surface area (Å²) in [6, 6.07) is 6.96. The lowest BCUT2D eigenvalue weighted by Crippen LogP contribution is -2.06. The molecule has 0 aliphatic heterocycles. The zero-order valence-corrected chi connectivity index (χ0v) is 10.6. The van der Waals surface area contributed by atoms with Crippen molar-refractivity contribution >= 4 is 9.84 Å². The summed E-state index contributed by atoms with van der Waals surface area (Å²) in [7, 11) is -1.38. The SMILES string of the molecule is CCS(=O)(=O)c1ccccc1-c1nccn1C. The lowest BCUT2D eigenvalue weighted by molar-refractivity contribution is 0.597. The number of hydrogen-bond donors (Lipinski definition) is 0. The Labute approximate surface area is 101 Å². The van der Waals surface area contributed by atoms with Crippen molar-refractivity contribution in [3.8, 4) is 11.4 Å². The minimum Gasteiger partial charge on any atom is -0.334 e. The fourth-order valence-corrected chi connectivity index (χ4v) is 2.79. The second-order valence-electron chi connectivity index (χ2n) is 3.76. The van der Waals surface area contributed by atoms with Crippen molar-refractivity contribution in [3.05, 3.63) is 36.7 Å². The highest BCUT2D eigenvalue weighted by atomic mass is 32.2. The Bertz CT molecular complexity index is 629. The van der Waals surface area contributed by atoms with Crippen LogP contribution in [0.25, 0.3) is 11.4 Å². The molecule has 0 unspecified atom stereocenters. The van der Waals surface area contributed by atoms with E-state index in [4.69, 9.17) is 0 Å². The van der Waals surface area contributed by atoms with E-state index in [9.17, 15) is 8.42 Å². The van der Waals surface area contributed by atoms with Crippen LogP contribution in [0, 0.1) is 0 Å². The van der Waals surface area contributed by atoms with E-state index in [2.05, 4.69) is 4.98 Å². The summed E-state index contributed by atoms with van der Waals surface area (Å²) in [5, 5.41) is 0. The summed E-state index contributed by atoms with van der Waals surface area (Å²) in [5.74, 6) is 0.756. The first kappa shape index (κ1) is 11.9. The molecule has 0 atom stereocenters. The predicted octanol–water partition coefficient (Wildman–Crippen LogP) is 1.88. The van der Waals surface area contributed by atoms with Crippen LogP contribution in [0.2, 0.25) is 0 Å². The molecule has 0 aliphatic carbocycles. The van der Waals surface area contributed by atoms with Crippen molar-refractivity contribution in [2.45, 2.75) is 11.8 Å². The molecule has 1 aromatic carbocycles. The molecule has 2 rings (SSSR count). The second kappa shape index (κ2) is 4.33. The number of aromatic nitrogens is 2. The van der Waals surface area contributed by atoms with Crippen LogP contribution in [0.3, 0.4) is 0 Å². The van der Waals surface area contributed by atoms with Gasteiger partial charge in [-0.05, 0) is 12.1 Å². The van der Waals surface area contributed by atoms with E-state index < -0.39 is 9.84 Å². The third-order valence-electron chi connectivity index (χ3n) is 2.66. The molecule has 0 amide bonds. The van der Waals surface area contributed by atoms with Crippen LogP contribution in [0.1, 0.15) is 6.92 Å². The Morgan fingerprint density at radius 1 is 1.29 bits per heavy atom. The Morgan fingerprint density at radius 3 is 2.59 bits per heavy atom. The van der Waals surface area contributed by atoms with Gasteiger partial charge in [0.05, 0.1) is 10.6 Å². The smallest absolute Gasteiger partial charge is 0.178 e. The van der Waals surface area contributed by atoms with Gasteiger partial charge >= 0.3 is 0 Å². The first-order valence-electron chi connectivity index (χ1n) is 5.35. The molecular weight excluding hydrogens is 236 g/mol. The maximum absolute atomic E-state index is 12.0. The third-order valence-corrected chi connectivity index (χ3v) is 4.45. The van der Waals surface area contributed by atoms with Crippen LogP contribution in [-0.2, 0) is 16.9 Å². The maximum atomic E-state index is 12.0. The Kier molecular flexibility index (Phi) is 3.02. The summed E-state index contributed by atoms with van der Waals surface area (Å²) in [6.07, 6.45) is 3.45. The van der Waals surface area contributed by atoms with Crippen molar-refractivity contribution in [2.24, 2.45) is 7.05 Å². The maximum Gasteiger partial charge on any atom is 0.178 e. The molecule has 0 aliphatic rings. The summed E-state index contributed by atoms with van der Waals surface area (Å²) in [5.41, 5.74) is 0.654. The second-order valence-corrected chi connectivity index (χ2v) is 6.01. The third kappa shape index (κ3) is 2.10. The molecule has 1 aromatic heterocycles. The standard InChI is InChI=1S/C12H14N2O2S/c1-3-17(15,16)11-7-5-4-6-10(11)12-13-8-9-14(12)2/h4-9H,3H2,1-2H3. The monoisotopic (exact) mass is 250 g/mol. The Balaban J connectivity index is 2.69. The summed E-state index contributed by atoms with van der Waals surface area (Å²) < 4.78 is 25.8. The molecule has 0 fully saturated rings. The number of nitrogens with zero attached hydrogens (tertiary/aromatic N) is 2. The summed E-state index contributed by atoms with van der Waals surface area (Å²) in [6.45, 7) is 1.64. The van der Waals surface area contributed by atoms with Crippen LogP contribution in [-0.4, -0.2) is 23.7 Å². The minimum absolute atomic E-state index is 0.0917. The van der Waals surface area contributed by atoms with Crippen molar-refractivity contribution < 1.29 is 8.42 Å². The van der Waals surface area contributed by atoms with E-state index in [1.54, 1.807) is 37.5 Å². The molecular formula is C12H14N2O2S. The highest BCUT2D eigenvalue weighted by Gasteiger charge is 2.18. The van der Waals surface area contributed by atoms with Gasteiger partial charge in [0.25, 0.3) is 0 Å². The Morgan fingerprint density at radius 2 is 2.00 bits per heavy atom. The molecule has 0 N–H and O–H groups in total. The van der Waals surface area contributed by atoms with Crippen LogP contribution in [0.4, 0.5) is 0 Å². The van der Waals surface area contributed by atoms with Gasteiger partial charge in [0, 0.05) is 25.0 Å². The zero-order chi connectivity index (χ0) is 12.5. The van der Waals surface area contributed by atoms with E-state index >= 15 is 0 Å². The summed E-state index contributed by atoms with van der Waals surface area (Å²) in [4.78, 5) is 4.54. The van der Waals surface area contributed by atoms with Gasteiger partial charge in [0.2, 0.25) is 0 Å². The van der Waals surface area contributed by atoms with Gasteiger partial charge in [-0.25, -0.2) is 13.4 Å². The van der Waals surface area contributed by atoms with Crippen molar-refractivity contribution in [1.82, 2.24) is 9.55 Å². The molecule has 4 nitrogen and oxygen atoms in total. The molecule has 0 saturated carbocycles. The van der Waals surface area contributed by atoms with Gasteiger partial charge in [-0.1, -0.05) is 19.1 Å². The van der Waals surface area contributed by atoms with E-state index in [1.165, 1.54) is 0 Å². The van der Waals surface area contributed by atoms with Crippen molar-refractivity contribution in [3.63, 3.8) is 0 Å². The molecule has 0 bridgehead atoms. The number of imidazole rings is 1. The normalized spacial score (nSPS) is 11.6. The highest BCUT2D eigenvalue weighted by Crippen LogP contribution is 2.26. The molecule has 0 spiro atoms. The van der Waals surface area contributed by atoms with Gasteiger partial charge < -0.3 is 4.57 Å². The molecule has 5 heteroatoms. The van der Waals surface area contributed by atoms with Crippen LogP contribution in [0.5, 0.6) is 0 Å². The van der Waals surface area contributed by atoms with Crippen LogP contribution >= 0.6 is 0 Å². The fraction of sp³-hybridized carbons (Fsp3) is 0.250. The highest BCUT2D eigenvalue weighted by molar-refractivity contribution is 7.91. The van der Waals surface area contributed by atoms with E-state index in [0.29, 0.717) is 16.3 Å². The van der Waals surface area contributed by atoms with Gasteiger partial charge in [-0.15, -0.1) is 0 Å². The largest absolute Gasteiger partial charge is 0.334 e. The first-order chi connectivity index (χ1) is 8.06. The number of hydrogen-bond acceptors (Lipinski definition) is 3. The van der Waals surface area contributed by atoms with Gasteiger partial charge in [-0.2, -0.15) is 0 Å². The number of aryl methyl sites for hydroxylation is 1. The topological polar surface area (TPSA) is 52.0 Å². The fourth-order valence-electron chi connectivity index (χ4n) is 1.70. The molecule has 1 heterocycles. The van der Waals surface area contributed by atoms with Crippen LogP contribution in [0.15, 0.2) is 41.6 Å². The van der Waals surface area contributed by atoms with Gasteiger partial charge in [0.15, 0.2) is 9.84 Å². The molecule has 17 heavy (non-hydrogen) atoms.